The molecule has 0 radical (unpaired) electrons. The third-order valence-electron chi connectivity index (χ3n) is 4.51. The molecule has 1 N–H and O–H groups in total. The van der Waals surface area contributed by atoms with E-state index in [9.17, 15) is 4.79 Å². The minimum absolute atomic E-state index is 0.00913. The highest BCUT2D eigenvalue weighted by Crippen LogP contribution is 2.40. The predicted octanol–water partition coefficient (Wildman–Crippen LogP) is 3.06. The first-order chi connectivity index (χ1) is 12.2. The van der Waals surface area contributed by atoms with Gasteiger partial charge in [-0.25, -0.2) is 9.97 Å². The molecule has 0 saturated carbocycles. The standard InChI is InChI=1S/C19H18N4O2/c1-12-9-13-14(10-18(24)22-15(13)11-17(12)25-2)16-5-3-8-23(16)19-20-6-4-7-21-19/h3-9,11,14H,10H2,1-2H3,(H,22,24). The highest BCUT2D eigenvalue weighted by molar-refractivity contribution is 5.95. The fourth-order valence-electron chi connectivity index (χ4n) is 3.36. The van der Waals surface area contributed by atoms with E-state index < -0.39 is 0 Å². The van der Waals surface area contributed by atoms with Crippen molar-refractivity contribution in [2.45, 2.75) is 19.3 Å². The number of amides is 1. The van der Waals surface area contributed by atoms with Gasteiger partial charge in [0.15, 0.2) is 0 Å². The summed E-state index contributed by atoms with van der Waals surface area (Å²) in [5, 5.41) is 2.95. The van der Waals surface area contributed by atoms with E-state index in [1.54, 1.807) is 25.6 Å². The molecule has 0 saturated heterocycles. The van der Waals surface area contributed by atoms with Crippen LogP contribution in [0.4, 0.5) is 5.69 Å². The zero-order valence-corrected chi connectivity index (χ0v) is 14.1. The molecule has 0 aliphatic carbocycles. The van der Waals surface area contributed by atoms with Crippen molar-refractivity contribution in [3.05, 3.63) is 65.7 Å². The second-order valence-electron chi connectivity index (χ2n) is 6.07. The molecule has 126 valence electrons. The van der Waals surface area contributed by atoms with Gasteiger partial charge in [0.05, 0.1) is 7.11 Å². The summed E-state index contributed by atoms with van der Waals surface area (Å²) in [6.45, 7) is 2.01. The molecule has 0 fully saturated rings. The van der Waals surface area contributed by atoms with Crippen LogP contribution in [0.15, 0.2) is 48.9 Å². The lowest BCUT2D eigenvalue weighted by Gasteiger charge is -2.27. The van der Waals surface area contributed by atoms with Crippen molar-refractivity contribution >= 4 is 11.6 Å². The highest BCUT2D eigenvalue weighted by atomic mass is 16.5. The van der Waals surface area contributed by atoms with E-state index in [-0.39, 0.29) is 11.8 Å². The van der Waals surface area contributed by atoms with Gasteiger partial charge in [-0.05, 0) is 42.3 Å². The van der Waals surface area contributed by atoms with Crippen molar-refractivity contribution < 1.29 is 9.53 Å². The molecule has 1 aliphatic heterocycles. The van der Waals surface area contributed by atoms with Crippen molar-refractivity contribution in [3.63, 3.8) is 0 Å². The topological polar surface area (TPSA) is 69.0 Å². The lowest BCUT2D eigenvalue weighted by Crippen LogP contribution is -2.25. The van der Waals surface area contributed by atoms with Crippen LogP contribution in [-0.4, -0.2) is 27.6 Å². The Bertz CT molecular complexity index is 934. The van der Waals surface area contributed by atoms with Gasteiger partial charge >= 0.3 is 0 Å². The van der Waals surface area contributed by atoms with E-state index in [1.807, 2.05) is 35.9 Å². The first-order valence-corrected chi connectivity index (χ1v) is 8.10. The molecule has 0 bridgehead atoms. The summed E-state index contributed by atoms with van der Waals surface area (Å²) < 4.78 is 7.33. The van der Waals surface area contributed by atoms with Gasteiger partial charge in [0, 0.05) is 48.4 Å². The first kappa shape index (κ1) is 15.4. The molecule has 3 heterocycles. The normalized spacial score (nSPS) is 16.2. The number of carbonyl (C=O) groups is 1. The van der Waals surface area contributed by atoms with Gasteiger partial charge in [-0.1, -0.05) is 0 Å². The van der Waals surface area contributed by atoms with E-state index in [0.29, 0.717) is 12.4 Å². The fourth-order valence-corrected chi connectivity index (χ4v) is 3.36. The molecular formula is C19H18N4O2. The maximum absolute atomic E-state index is 12.3. The van der Waals surface area contributed by atoms with Crippen LogP contribution in [0.5, 0.6) is 5.75 Å². The molecular weight excluding hydrogens is 316 g/mol. The molecule has 1 aliphatic rings. The van der Waals surface area contributed by atoms with Crippen LogP contribution in [0.3, 0.4) is 0 Å². The number of benzene rings is 1. The van der Waals surface area contributed by atoms with Crippen LogP contribution < -0.4 is 10.1 Å². The molecule has 3 aromatic rings. The van der Waals surface area contributed by atoms with Crippen molar-refractivity contribution in [1.82, 2.24) is 14.5 Å². The SMILES string of the molecule is COc1cc2c(cc1C)C(c1cccn1-c1ncccn1)CC(=O)N2. The largest absolute Gasteiger partial charge is 0.496 e. The number of fused-ring (bicyclic) bond motifs is 1. The second kappa shape index (κ2) is 6.05. The summed E-state index contributed by atoms with van der Waals surface area (Å²) in [4.78, 5) is 20.9. The molecule has 4 rings (SSSR count). The Balaban J connectivity index is 1.85. The van der Waals surface area contributed by atoms with Crippen molar-refractivity contribution in [2.75, 3.05) is 12.4 Å². The van der Waals surface area contributed by atoms with Gasteiger partial charge in [-0.2, -0.15) is 0 Å². The van der Waals surface area contributed by atoms with Crippen LogP contribution in [0.1, 0.15) is 29.2 Å². The zero-order chi connectivity index (χ0) is 17.4. The van der Waals surface area contributed by atoms with Gasteiger partial charge in [-0.15, -0.1) is 0 Å². The molecule has 6 heteroatoms. The average Bonchev–Trinajstić information content (AvgIpc) is 3.11. The van der Waals surface area contributed by atoms with Gasteiger partial charge in [-0.3, -0.25) is 9.36 Å². The third kappa shape index (κ3) is 2.65. The minimum atomic E-state index is -0.0628. The number of rotatable bonds is 3. The third-order valence-corrected chi connectivity index (χ3v) is 4.51. The number of hydrogen-bond acceptors (Lipinski definition) is 4. The van der Waals surface area contributed by atoms with Crippen LogP contribution >= 0.6 is 0 Å². The number of hydrogen-bond donors (Lipinski definition) is 1. The number of ether oxygens (including phenoxy) is 1. The number of aryl methyl sites for hydroxylation is 1. The summed E-state index contributed by atoms with van der Waals surface area (Å²) in [5.41, 5.74) is 3.91. The van der Waals surface area contributed by atoms with Crippen LogP contribution in [0.2, 0.25) is 0 Å². The lowest BCUT2D eigenvalue weighted by atomic mass is 9.86. The van der Waals surface area contributed by atoms with Crippen LogP contribution in [-0.2, 0) is 4.79 Å². The summed E-state index contributed by atoms with van der Waals surface area (Å²) in [6, 6.07) is 9.73. The average molecular weight is 334 g/mol. The quantitative estimate of drug-likeness (QED) is 0.799. The van der Waals surface area contributed by atoms with Crippen molar-refractivity contribution in [2.24, 2.45) is 0 Å². The molecule has 1 aromatic carbocycles. The molecule has 1 amide bonds. The van der Waals surface area contributed by atoms with Gasteiger partial charge < -0.3 is 10.1 Å². The molecule has 0 spiro atoms. The number of nitrogens with zero attached hydrogens (tertiary/aromatic N) is 3. The molecule has 1 unspecified atom stereocenters. The first-order valence-electron chi connectivity index (χ1n) is 8.10. The van der Waals surface area contributed by atoms with Crippen molar-refractivity contribution in [1.29, 1.82) is 0 Å². The Morgan fingerprint density at radius 2 is 2.04 bits per heavy atom. The zero-order valence-electron chi connectivity index (χ0n) is 14.1. The molecule has 2 aromatic heterocycles. The van der Waals surface area contributed by atoms with Crippen molar-refractivity contribution in [3.8, 4) is 11.7 Å². The highest BCUT2D eigenvalue weighted by Gasteiger charge is 2.30. The second-order valence-corrected chi connectivity index (χ2v) is 6.07. The Labute approximate surface area is 145 Å². The number of anilines is 1. The number of aromatic nitrogens is 3. The predicted molar refractivity (Wildman–Crippen MR) is 94.2 cm³/mol. The maximum atomic E-state index is 12.3. The van der Waals surface area contributed by atoms with E-state index in [0.717, 1.165) is 28.3 Å². The van der Waals surface area contributed by atoms with Crippen LogP contribution in [0, 0.1) is 6.92 Å². The number of methoxy groups -OCH3 is 1. The van der Waals surface area contributed by atoms with Gasteiger partial charge in [0.1, 0.15) is 5.75 Å². The van der Waals surface area contributed by atoms with E-state index in [1.165, 1.54) is 0 Å². The minimum Gasteiger partial charge on any atom is -0.496 e. The van der Waals surface area contributed by atoms with Gasteiger partial charge in [0.2, 0.25) is 11.9 Å². The molecule has 6 nitrogen and oxygen atoms in total. The summed E-state index contributed by atoms with van der Waals surface area (Å²) in [7, 11) is 1.63. The Hall–Kier alpha value is -3.15. The summed E-state index contributed by atoms with van der Waals surface area (Å²) >= 11 is 0. The smallest absolute Gasteiger partial charge is 0.233 e. The van der Waals surface area contributed by atoms with E-state index >= 15 is 0 Å². The van der Waals surface area contributed by atoms with E-state index in [2.05, 4.69) is 21.4 Å². The Morgan fingerprint density at radius 3 is 2.80 bits per heavy atom. The Morgan fingerprint density at radius 1 is 1.24 bits per heavy atom. The summed E-state index contributed by atoms with van der Waals surface area (Å²) in [6.07, 6.45) is 5.73. The fraction of sp³-hybridized carbons (Fsp3) is 0.211. The molecule has 25 heavy (non-hydrogen) atoms. The van der Waals surface area contributed by atoms with Gasteiger partial charge in [0.25, 0.3) is 0 Å². The van der Waals surface area contributed by atoms with Crippen LogP contribution in [0.25, 0.3) is 5.95 Å². The number of carbonyl (C=O) groups excluding carboxylic acids is 1. The maximum Gasteiger partial charge on any atom is 0.233 e. The Kier molecular flexibility index (Phi) is 3.72. The summed E-state index contributed by atoms with van der Waals surface area (Å²) in [5.74, 6) is 1.29. The molecule has 1 atom stereocenters. The number of nitrogens with one attached hydrogen (secondary N) is 1. The monoisotopic (exact) mass is 334 g/mol. The lowest BCUT2D eigenvalue weighted by molar-refractivity contribution is -0.116. The van der Waals surface area contributed by atoms with E-state index in [4.69, 9.17) is 4.74 Å².